The minimum Gasteiger partial charge on any atom is -0.417 e. The fourth-order valence-corrected chi connectivity index (χ4v) is 19.4. The normalized spacial score (nSPS) is 14.7. The molecule has 0 unspecified atom stereocenters. The first kappa shape index (κ1) is 20.7. The molecule has 122 valence electrons. The van der Waals surface area contributed by atoms with Gasteiger partial charge >= 0.3 is 8.80 Å². The molecule has 0 spiro atoms. The summed E-state index contributed by atoms with van der Waals surface area (Å²) in [6.07, 6.45) is 0. The summed E-state index contributed by atoms with van der Waals surface area (Å²) < 4.78 is 19.7. The molecule has 0 N–H and O–H groups in total. The largest absolute Gasteiger partial charge is 0.466 e. The highest BCUT2D eigenvalue weighted by Crippen LogP contribution is 2.30. The first-order valence-corrected chi connectivity index (χ1v) is 19.5. The minimum absolute atomic E-state index is 1.15. The fraction of sp³-hybridized carbons (Fsp3) is 1.00. The molecule has 20 heavy (non-hydrogen) atoms. The molecule has 0 amide bonds. The first-order valence-electron chi connectivity index (χ1n) is 7.91. The Balaban J connectivity index is 5.31. The Morgan fingerprint density at radius 2 is 0.850 bits per heavy atom. The molecule has 0 heterocycles. The van der Waals surface area contributed by atoms with Gasteiger partial charge in [-0.2, -0.15) is 0 Å². The summed E-state index contributed by atoms with van der Waals surface area (Å²) in [7, 11) is -7.58. The molecule has 0 atom stereocenters. The van der Waals surface area contributed by atoms with E-state index in [2.05, 4.69) is 66.6 Å². The van der Waals surface area contributed by atoms with Crippen LogP contribution in [0.25, 0.3) is 0 Å². The predicted molar refractivity (Wildman–Crippen MR) is 98.8 cm³/mol. The maximum atomic E-state index is 6.73. The molecule has 0 bridgehead atoms. The van der Waals surface area contributed by atoms with Gasteiger partial charge in [-0.1, -0.05) is 20.8 Å². The zero-order valence-corrected chi connectivity index (χ0v) is 19.3. The van der Waals surface area contributed by atoms with E-state index in [0.717, 1.165) is 18.1 Å². The first-order chi connectivity index (χ1) is 8.80. The van der Waals surface area contributed by atoms with E-state index < -0.39 is 33.8 Å². The third kappa shape index (κ3) is 7.67. The van der Waals surface area contributed by atoms with Gasteiger partial charge in [-0.3, -0.25) is 0 Å². The van der Waals surface area contributed by atoms with Crippen molar-refractivity contribution in [3.63, 3.8) is 0 Å². The van der Waals surface area contributed by atoms with Gasteiger partial charge in [0.1, 0.15) is 0 Å². The molecule has 0 saturated carbocycles. The van der Waals surface area contributed by atoms with Crippen LogP contribution in [-0.4, -0.2) is 33.8 Å². The Labute approximate surface area is 131 Å². The van der Waals surface area contributed by atoms with Gasteiger partial charge in [0.2, 0.25) is 0 Å². The van der Waals surface area contributed by atoms with Crippen molar-refractivity contribution in [1.82, 2.24) is 0 Å². The Morgan fingerprint density at radius 1 is 0.550 bits per heavy atom. The van der Waals surface area contributed by atoms with Crippen molar-refractivity contribution in [1.29, 1.82) is 0 Å². The van der Waals surface area contributed by atoms with Crippen LogP contribution in [0.4, 0.5) is 0 Å². The van der Waals surface area contributed by atoms with Crippen LogP contribution in [0.2, 0.25) is 64.0 Å². The highest BCUT2D eigenvalue weighted by atomic mass is 28.5. The number of rotatable bonds is 9. The van der Waals surface area contributed by atoms with Gasteiger partial charge in [-0.25, -0.2) is 0 Å². The second kappa shape index (κ2) is 7.34. The van der Waals surface area contributed by atoms with Crippen LogP contribution in [0.3, 0.4) is 0 Å². The highest BCUT2D eigenvalue weighted by molar-refractivity contribution is 6.90. The second-order valence-corrected chi connectivity index (χ2v) is 24.7. The minimum atomic E-state index is -2.53. The quantitative estimate of drug-likeness (QED) is 0.528. The SMILES string of the molecule is CC[Si](CC)(CC)O[Si](C)(O[Si](C)(C)C)O[Si](C)(C)C. The van der Waals surface area contributed by atoms with Crippen LogP contribution < -0.4 is 0 Å². The fourth-order valence-electron chi connectivity index (χ4n) is 2.53. The van der Waals surface area contributed by atoms with Crippen molar-refractivity contribution >= 4 is 33.8 Å². The van der Waals surface area contributed by atoms with E-state index in [1.165, 1.54) is 0 Å². The third-order valence-electron chi connectivity index (χ3n) is 3.32. The lowest BCUT2D eigenvalue weighted by atomic mass is 10.9. The average molecular weight is 353 g/mol. The topological polar surface area (TPSA) is 27.7 Å². The maximum absolute atomic E-state index is 6.73. The van der Waals surface area contributed by atoms with Crippen LogP contribution in [0.15, 0.2) is 0 Å². The molecule has 0 aliphatic rings. The van der Waals surface area contributed by atoms with Crippen LogP contribution >= 0.6 is 0 Å². The van der Waals surface area contributed by atoms with Gasteiger partial charge < -0.3 is 12.3 Å². The van der Waals surface area contributed by atoms with E-state index in [-0.39, 0.29) is 0 Å². The zero-order chi connectivity index (χ0) is 16.2. The van der Waals surface area contributed by atoms with E-state index in [0.29, 0.717) is 0 Å². The molecule has 0 aliphatic carbocycles. The molecule has 0 rings (SSSR count). The zero-order valence-electron chi connectivity index (χ0n) is 15.3. The van der Waals surface area contributed by atoms with E-state index in [1.54, 1.807) is 0 Å². The van der Waals surface area contributed by atoms with E-state index in [9.17, 15) is 0 Å². The van der Waals surface area contributed by atoms with Crippen LogP contribution in [0, 0.1) is 0 Å². The lowest BCUT2D eigenvalue weighted by Crippen LogP contribution is -2.60. The molecular weight excluding hydrogens is 316 g/mol. The van der Waals surface area contributed by atoms with Gasteiger partial charge in [0, 0.05) is 6.55 Å². The second-order valence-electron chi connectivity index (χ2n) is 7.64. The molecule has 3 nitrogen and oxygen atoms in total. The summed E-state index contributed by atoms with van der Waals surface area (Å²) in [5, 5.41) is 0. The van der Waals surface area contributed by atoms with E-state index in [1.807, 2.05) is 0 Å². The summed E-state index contributed by atoms with van der Waals surface area (Å²) in [6.45, 7) is 22.3. The molecule has 0 aliphatic heterocycles. The molecule has 0 aromatic carbocycles. The average Bonchev–Trinajstić information content (AvgIpc) is 2.20. The third-order valence-corrected chi connectivity index (χ3v) is 18.3. The van der Waals surface area contributed by atoms with Gasteiger partial charge in [0.05, 0.1) is 0 Å². The van der Waals surface area contributed by atoms with Crippen LogP contribution in [-0.2, 0) is 12.3 Å². The highest BCUT2D eigenvalue weighted by Gasteiger charge is 2.48. The van der Waals surface area contributed by atoms with Gasteiger partial charge in [0.25, 0.3) is 0 Å². The molecule has 0 aromatic heterocycles. The molecule has 0 aromatic rings. The molecule has 0 fully saturated rings. The van der Waals surface area contributed by atoms with Crippen molar-refractivity contribution in [2.45, 2.75) is 84.7 Å². The Morgan fingerprint density at radius 3 is 1.05 bits per heavy atom. The Hall–Kier alpha value is 0.748. The van der Waals surface area contributed by atoms with E-state index in [4.69, 9.17) is 12.3 Å². The summed E-state index contributed by atoms with van der Waals surface area (Å²) >= 11 is 0. The summed E-state index contributed by atoms with van der Waals surface area (Å²) in [5.41, 5.74) is 0. The number of hydrogen-bond donors (Lipinski definition) is 0. The monoisotopic (exact) mass is 352 g/mol. The van der Waals surface area contributed by atoms with Crippen molar-refractivity contribution in [2.24, 2.45) is 0 Å². The van der Waals surface area contributed by atoms with Crippen LogP contribution in [0.5, 0.6) is 0 Å². The van der Waals surface area contributed by atoms with Crippen LogP contribution in [0.1, 0.15) is 20.8 Å². The summed E-state index contributed by atoms with van der Waals surface area (Å²) in [6, 6.07) is 3.44. The maximum Gasteiger partial charge on any atom is 0.466 e. The standard InChI is InChI=1S/C13H36O3Si4/c1-11-20(12-2,13-3)16-19(10,14-17(4,5)6)15-18(7,8)9/h11-13H2,1-10H3. The summed E-state index contributed by atoms with van der Waals surface area (Å²) in [5.74, 6) is 0. The van der Waals surface area contributed by atoms with Crippen molar-refractivity contribution < 1.29 is 12.3 Å². The molecule has 7 heteroatoms. The van der Waals surface area contributed by atoms with Gasteiger partial charge in [-0.15, -0.1) is 0 Å². The molecule has 0 saturated heterocycles. The summed E-state index contributed by atoms with van der Waals surface area (Å²) in [4.78, 5) is 0. The van der Waals surface area contributed by atoms with Gasteiger partial charge in [0.15, 0.2) is 25.0 Å². The number of hydrogen-bond acceptors (Lipinski definition) is 3. The Kier molecular flexibility index (Phi) is 7.62. The van der Waals surface area contributed by atoms with Gasteiger partial charge in [-0.05, 0) is 57.4 Å². The van der Waals surface area contributed by atoms with Crippen molar-refractivity contribution in [2.75, 3.05) is 0 Å². The van der Waals surface area contributed by atoms with E-state index >= 15 is 0 Å². The lowest BCUT2D eigenvalue weighted by molar-refractivity contribution is 0.258. The Bertz CT molecular complexity index is 269. The van der Waals surface area contributed by atoms with Crippen molar-refractivity contribution in [3.8, 4) is 0 Å². The smallest absolute Gasteiger partial charge is 0.417 e. The van der Waals surface area contributed by atoms with Crippen molar-refractivity contribution in [3.05, 3.63) is 0 Å². The lowest BCUT2D eigenvalue weighted by Gasteiger charge is -2.43. The predicted octanol–water partition coefficient (Wildman–Crippen LogP) is 5.28. The molecule has 0 radical (unpaired) electrons. The molecular formula is C13H36O3Si4.